The molecule has 1 aliphatic carbocycles. The molecule has 102 valence electrons. The fourth-order valence-electron chi connectivity index (χ4n) is 1.88. The fraction of sp³-hybridized carbons (Fsp3) is 1.00. The van der Waals surface area contributed by atoms with E-state index in [1.807, 2.05) is 0 Å². The number of hydrogen-bond acceptors (Lipinski definition) is 6. The Bertz CT molecular complexity index is 460. The zero-order chi connectivity index (χ0) is 13.3. The average molecular weight is 287 g/mol. The fourth-order valence-corrected chi connectivity index (χ4v) is 3.80. The highest BCUT2D eigenvalue weighted by Crippen LogP contribution is 2.33. The van der Waals surface area contributed by atoms with Crippen LogP contribution in [-0.4, -0.2) is 46.3 Å². The SMILES string of the molecule is CNS(=O)(=O)C1CCC(O)(OS(C)(=O)=O)CC1. The van der Waals surface area contributed by atoms with Gasteiger partial charge >= 0.3 is 0 Å². The van der Waals surface area contributed by atoms with Gasteiger partial charge in [-0.1, -0.05) is 0 Å². The third-order valence-electron chi connectivity index (χ3n) is 2.74. The van der Waals surface area contributed by atoms with Crippen molar-refractivity contribution in [2.75, 3.05) is 13.3 Å². The van der Waals surface area contributed by atoms with E-state index in [1.165, 1.54) is 7.05 Å². The lowest BCUT2D eigenvalue weighted by atomic mass is 9.94. The van der Waals surface area contributed by atoms with Crippen molar-refractivity contribution in [3.8, 4) is 0 Å². The Balaban J connectivity index is 2.68. The number of nitrogens with one attached hydrogen (secondary N) is 1. The van der Waals surface area contributed by atoms with Gasteiger partial charge in [-0.15, -0.1) is 0 Å². The molecule has 0 aromatic heterocycles. The van der Waals surface area contributed by atoms with Gasteiger partial charge in [-0.2, -0.15) is 8.42 Å². The lowest BCUT2D eigenvalue weighted by Gasteiger charge is -2.34. The molecular formula is C8H17NO6S2. The zero-order valence-electron chi connectivity index (χ0n) is 9.71. The van der Waals surface area contributed by atoms with Crippen molar-refractivity contribution in [1.29, 1.82) is 0 Å². The van der Waals surface area contributed by atoms with Crippen LogP contribution in [0.2, 0.25) is 0 Å². The molecule has 0 atom stereocenters. The van der Waals surface area contributed by atoms with Gasteiger partial charge in [0.2, 0.25) is 10.0 Å². The molecule has 0 aromatic carbocycles. The van der Waals surface area contributed by atoms with Crippen molar-refractivity contribution in [2.24, 2.45) is 0 Å². The molecule has 9 heteroatoms. The molecule has 0 radical (unpaired) electrons. The van der Waals surface area contributed by atoms with E-state index in [0.29, 0.717) is 0 Å². The lowest BCUT2D eigenvalue weighted by molar-refractivity contribution is -0.153. The maximum Gasteiger partial charge on any atom is 0.267 e. The molecule has 0 heterocycles. The second-order valence-electron chi connectivity index (χ2n) is 4.18. The first-order chi connectivity index (χ1) is 7.58. The van der Waals surface area contributed by atoms with Crippen LogP contribution in [-0.2, 0) is 24.3 Å². The van der Waals surface area contributed by atoms with Gasteiger partial charge in [0.15, 0.2) is 5.79 Å². The molecule has 1 fully saturated rings. The Kier molecular flexibility index (Phi) is 4.20. The van der Waals surface area contributed by atoms with E-state index in [1.54, 1.807) is 0 Å². The molecule has 1 aliphatic rings. The van der Waals surface area contributed by atoms with E-state index in [0.717, 1.165) is 6.26 Å². The van der Waals surface area contributed by atoms with Crippen molar-refractivity contribution < 1.29 is 26.1 Å². The van der Waals surface area contributed by atoms with Gasteiger partial charge in [-0.05, 0) is 19.9 Å². The summed E-state index contributed by atoms with van der Waals surface area (Å²) < 4.78 is 51.6. The predicted octanol–water partition coefficient (Wildman–Crippen LogP) is -0.857. The number of aliphatic hydroxyl groups is 1. The van der Waals surface area contributed by atoms with Gasteiger partial charge in [-0.25, -0.2) is 17.3 Å². The highest BCUT2D eigenvalue weighted by molar-refractivity contribution is 7.90. The molecule has 1 rings (SSSR count). The highest BCUT2D eigenvalue weighted by atomic mass is 32.2. The normalized spacial score (nSPS) is 31.4. The van der Waals surface area contributed by atoms with Crippen molar-refractivity contribution in [3.05, 3.63) is 0 Å². The maximum atomic E-state index is 11.5. The summed E-state index contributed by atoms with van der Waals surface area (Å²) in [7, 11) is -5.81. The van der Waals surface area contributed by atoms with Gasteiger partial charge in [0.1, 0.15) is 0 Å². The summed E-state index contributed by atoms with van der Waals surface area (Å²) in [4.78, 5) is 0. The summed E-state index contributed by atoms with van der Waals surface area (Å²) in [6, 6.07) is 0. The van der Waals surface area contributed by atoms with Gasteiger partial charge in [0.25, 0.3) is 10.1 Å². The number of sulfonamides is 1. The van der Waals surface area contributed by atoms with E-state index in [-0.39, 0.29) is 25.7 Å². The molecule has 17 heavy (non-hydrogen) atoms. The Morgan fingerprint density at radius 2 is 1.71 bits per heavy atom. The Morgan fingerprint density at radius 1 is 1.24 bits per heavy atom. The summed E-state index contributed by atoms with van der Waals surface area (Å²) in [5.74, 6) is -1.77. The average Bonchev–Trinajstić information content (AvgIpc) is 2.15. The second-order valence-corrected chi connectivity index (χ2v) is 7.92. The minimum Gasteiger partial charge on any atom is -0.364 e. The monoisotopic (exact) mass is 287 g/mol. The second kappa shape index (κ2) is 4.81. The smallest absolute Gasteiger partial charge is 0.267 e. The molecule has 0 aliphatic heterocycles. The Morgan fingerprint density at radius 3 is 2.06 bits per heavy atom. The molecule has 0 aromatic rings. The van der Waals surface area contributed by atoms with Gasteiger partial charge in [0, 0.05) is 12.8 Å². The van der Waals surface area contributed by atoms with Crippen LogP contribution in [0.25, 0.3) is 0 Å². The topological polar surface area (TPSA) is 110 Å². The van der Waals surface area contributed by atoms with Gasteiger partial charge in [0.05, 0.1) is 11.5 Å². The van der Waals surface area contributed by atoms with Crippen LogP contribution >= 0.6 is 0 Å². The number of hydrogen-bond donors (Lipinski definition) is 2. The van der Waals surface area contributed by atoms with Crippen molar-refractivity contribution in [3.63, 3.8) is 0 Å². The first-order valence-corrected chi connectivity index (χ1v) is 8.50. The molecule has 0 spiro atoms. The number of rotatable bonds is 4. The van der Waals surface area contributed by atoms with Crippen LogP contribution in [0.3, 0.4) is 0 Å². The van der Waals surface area contributed by atoms with Crippen LogP contribution in [0.15, 0.2) is 0 Å². The van der Waals surface area contributed by atoms with Crippen molar-refractivity contribution in [2.45, 2.75) is 36.7 Å². The first kappa shape index (κ1) is 14.8. The minimum absolute atomic E-state index is 0.0222. The van der Waals surface area contributed by atoms with E-state index < -0.39 is 31.2 Å². The first-order valence-electron chi connectivity index (χ1n) is 5.13. The lowest BCUT2D eigenvalue weighted by Crippen LogP contribution is -2.43. The summed E-state index contributed by atoms with van der Waals surface area (Å²) in [5.41, 5.74) is 0. The molecule has 0 bridgehead atoms. The van der Waals surface area contributed by atoms with E-state index in [4.69, 9.17) is 0 Å². The van der Waals surface area contributed by atoms with Crippen molar-refractivity contribution in [1.82, 2.24) is 4.72 Å². The van der Waals surface area contributed by atoms with Gasteiger partial charge in [-0.3, -0.25) is 0 Å². The van der Waals surface area contributed by atoms with Crippen LogP contribution in [0, 0.1) is 0 Å². The van der Waals surface area contributed by atoms with Crippen molar-refractivity contribution >= 4 is 20.1 Å². The predicted molar refractivity (Wildman–Crippen MR) is 61.1 cm³/mol. The van der Waals surface area contributed by atoms with Crippen LogP contribution in [0.5, 0.6) is 0 Å². The third-order valence-corrected chi connectivity index (χ3v) is 5.27. The van der Waals surface area contributed by atoms with E-state index in [9.17, 15) is 21.9 Å². The Labute approximate surface area is 101 Å². The molecular weight excluding hydrogens is 270 g/mol. The van der Waals surface area contributed by atoms with Crippen LogP contribution < -0.4 is 4.72 Å². The van der Waals surface area contributed by atoms with E-state index in [2.05, 4.69) is 8.91 Å². The standard InChI is InChI=1S/C8H17NO6S2/c1-9-17(13,14)7-3-5-8(10,6-4-7)15-16(2,11)12/h7,9-10H,3-6H2,1-2H3. The van der Waals surface area contributed by atoms with E-state index >= 15 is 0 Å². The molecule has 2 N–H and O–H groups in total. The van der Waals surface area contributed by atoms with Crippen LogP contribution in [0.4, 0.5) is 0 Å². The summed E-state index contributed by atoms with van der Waals surface area (Å²) >= 11 is 0. The molecule has 1 saturated carbocycles. The summed E-state index contributed by atoms with van der Waals surface area (Å²) in [6.45, 7) is 0. The third kappa shape index (κ3) is 4.18. The zero-order valence-corrected chi connectivity index (χ0v) is 11.3. The Hall–Kier alpha value is -0.220. The molecule has 0 amide bonds. The molecule has 7 nitrogen and oxygen atoms in total. The minimum atomic E-state index is -3.76. The maximum absolute atomic E-state index is 11.5. The highest BCUT2D eigenvalue weighted by Gasteiger charge is 2.40. The largest absolute Gasteiger partial charge is 0.364 e. The quantitative estimate of drug-likeness (QED) is 0.514. The molecule has 0 saturated heterocycles. The molecule has 0 unspecified atom stereocenters. The summed E-state index contributed by atoms with van der Waals surface area (Å²) in [6.07, 6.45) is 1.13. The van der Waals surface area contributed by atoms with Crippen LogP contribution in [0.1, 0.15) is 25.7 Å². The van der Waals surface area contributed by atoms with Gasteiger partial charge < -0.3 is 5.11 Å². The summed E-state index contributed by atoms with van der Waals surface area (Å²) in [5, 5.41) is 9.23.